The number of halogens is 2. The van der Waals surface area contributed by atoms with Gasteiger partial charge in [-0.25, -0.2) is 14.0 Å². The SMILES string of the molecule is C[C@@H](C(=O)O)N(C)C(=O)c1cc(F)c(NC(=O)C(CCCNC(N)=O)NC(=O)CNC(=O)CCCCCN2C(=O)CC(C)(C)C2=O)cc1Cl. The molecular formula is C31H43ClFN7O9. The van der Waals surface area contributed by atoms with Gasteiger partial charge in [0.25, 0.3) is 5.91 Å². The summed E-state index contributed by atoms with van der Waals surface area (Å²) in [7, 11) is 1.21. The predicted octanol–water partition coefficient (Wildman–Crippen LogP) is 1.36. The Morgan fingerprint density at radius 2 is 1.73 bits per heavy atom. The zero-order valence-corrected chi connectivity index (χ0v) is 28.6. The number of aliphatic carboxylic acids is 1. The van der Waals surface area contributed by atoms with Gasteiger partial charge in [-0.1, -0.05) is 31.9 Å². The van der Waals surface area contributed by atoms with Crippen LogP contribution in [0.5, 0.6) is 0 Å². The molecule has 1 aliphatic rings. The molecule has 2 atom stereocenters. The van der Waals surface area contributed by atoms with Crippen molar-refractivity contribution in [2.24, 2.45) is 11.1 Å². The summed E-state index contributed by atoms with van der Waals surface area (Å²) >= 11 is 6.18. The van der Waals surface area contributed by atoms with Gasteiger partial charge in [0, 0.05) is 33.0 Å². The number of nitrogens with two attached hydrogens (primary N) is 1. The molecule has 0 radical (unpaired) electrons. The first-order valence-corrected chi connectivity index (χ1v) is 16.0. The van der Waals surface area contributed by atoms with Crippen molar-refractivity contribution in [3.63, 3.8) is 0 Å². The first-order valence-electron chi connectivity index (χ1n) is 15.6. The number of amides is 8. The number of benzene rings is 1. The standard InChI is InChI=1S/C31H43ClFN7O9/c1-17(28(46)47)39(4)27(45)18-13-20(33)22(14-19(18)32)38-26(44)21(9-8-11-35-30(34)49)37-24(42)16-36-23(41)10-6-5-7-12-40-25(43)15-31(2,3)29(40)48/h13-14,17,21H,5-12,15-16H2,1-4H3,(H,36,41)(H,37,42)(H,38,44)(H,46,47)(H3,34,35,49)/t17-,21?/m0/s1. The second kappa shape index (κ2) is 18.1. The Labute approximate surface area is 287 Å². The Morgan fingerprint density at radius 3 is 2.33 bits per heavy atom. The first kappa shape index (κ1) is 40.4. The smallest absolute Gasteiger partial charge is 0.326 e. The molecule has 0 bridgehead atoms. The van der Waals surface area contributed by atoms with E-state index in [1.807, 2.05) is 0 Å². The molecule has 270 valence electrons. The van der Waals surface area contributed by atoms with Gasteiger partial charge in [0.15, 0.2) is 0 Å². The van der Waals surface area contributed by atoms with Gasteiger partial charge in [0.05, 0.1) is 28.2 Å². The average Bonchev–Trinajstić information content (AvgIpc) is 3.22. The van der Waals surface area contributed by atoms with Crippen molar-refractivity contribution in [3.05, 3.63) is 28.5 Å². The van der Waals surface area contributed by atoms with Crippen LogP contribution in [0.4, 0.5) is 14.9 Å². The molecular weight excluding hydrogens is 669 g/mol. The Kier molecular flexibility index (Phi) is 14.9. The molecule has 1 fully saturated rings. The highest BCUT2D eigenvalue weighted by Gasteiger charge is 2.44. The Balaban J connectivity index is 1.95. The maximum Gasteiger partial charge on any atom is 0.326 e. The van der Waals surface area contributed by atoms with Gasteiger partial charge in [-0.2, -0.15) is 0 Å². The molecule has 18 heteroatoms. The number of unbranched alkanes of at least 4 members (excludes halogenated alkanes) is 2. The van der Waals surface area contributed by atoms with Crippen LogP contribution in [0, 0.1) is 11.2 Å². The molecule has 7 N–H and O–H groups in total. The molecule has 0 spiro atoms. The summed E-state index contributed by atoms with van der Waals surface area (Å²) in [6.07, 6.45) is 1.91. The van der Waals surface area contributed by atoms with Crippen molar-refractivity contribution < 1.29 is 47.9 Å². The molecule has 2 rings (SSSR count). The lowest BCUT2D eigenvalue weighted by Gasteiger charge is -2.22. The van der Waals surface area contributed by atoms with Gasteiger partial charge in [0.2, 0.25) is 29.5 Å². The van der Waals surface area contributed by atoms with E-state index in [9.17, 15) is 38.4 Å². The number of likely N-dealkylation sites (tertiary alicyclic amines) is 1. The van der Waals surface area contributed by atoms with Crippen LogP contribution in [0.15, 0.2) is 12.1 Å². The van der Waals surface area contributed by atoms with E-state index in [1.54, 1.807) is 13.8 Å². The highest BCUT2D eigenvalue weighted by molar-refractivity contribution is 6.34. The molecule has 1 unspecified atom stereocenters. The third-order valence-electron chi connectivity index (χ3n) is 7.87. The number of imide groups is 1. The van der Waals surface area contributed by atoms with E-state index in [0.29, 0.717) is 19.3 Å². The number of carboxylic acid groups (broad SMARTS) is 1. The van der Waals surface area contributed by atoms with Crippen molar-refractivity contribution >= 4 is 64.7 Å². The zero-order chi connectivity index (χ0) is 37.1. The normalized spacial score (nSPS) is 14.9. The summed E-state index contributed by atoms with van der Waals surface area (Å²) in [5.41, 5.74) is 3.58. The summed E-state index contributed by atoms with van der Waals surface area (Å²) in [5.74, 6) is -5.70. The molecule has 1 aliphatic heterocycles. The van der Waals surface area contributed by atoms with E-state index in [0.717, 1.165) is 17.0 Å². The minimum Gasteiger partial charge on any atom is -0.480 e. The Bertz CT molecular complexity index is 1470. The fourth-order valence-corrected chi connectivity index (χ4v) is 5.09. The van der Waals surface area contributed by atoms with Crippen LogP contribution >= 0.6 is 11.6 Å². The van der Waals surface area contributed by atoms with E-state index in [1.165, 1.54) is 18.9 Å². The Morgan fingerprint density at radius 1 is 1.06 bits per heavy atom. The number of likely N-dealkylation sites (N-methyl/N-ethyl adjacent to an activating group) is 1. The van der Waals surface area contributed by atoms with Crippen LogP contribution in [-0.2, 0) is 28.8 Å². The minimum absolute atomic E-state index is 0.0329. The van der Waals surface area contributed by atoms with Crippen LogP contribution in [0.3, 0.4) is 0 Å². The lowest BCUT2D eigenvalue weighted by Crippen LogP contribution is -2.47. The van der Waals surface area contributed by atoms with Crippen molar-refractivity contribution in [2.45, 2.75) is 77.8 Å². The molecule has 1 aromatic carbocycles. The fraction of sp³-hybridized carbons (Fsp3) is 0.548. The van der Waals surface area contributed by atoms with Gasteiger partial charge in [0.1, 0.15) is 17.9 Å². The number of carbonyl (C=O) groups excluding carboxylic acids is 7. The van der Waals surface area contributed by atoms with Crippen LogP contribution in [0.2, 0.25) is 5.02 Å². The van der Waals surface area contributed by atoms with E-state index < -0.39 is 71.2 Å². The van der Waals surface area contributed by atoms with Crippen LogP contribution in [0.1, 0.15) is 76.1 Å². The summed E-state index contributed by atoms with van der Waals surface area (Å²) in [6, 6.07) is -1.58. The molecule has 0 aromatic heterocycles. The monoisotopic (exact) mass is 711 g/mol. The highest BCUT2D eigenvalue weighted by atomic mass is 35.5. The average molecular weight is 712 g/mol. The second-order valence-corrected chi connectivity index (χ2v) is 12.7. The van der Waals surface area contributed by atoms with Crippen LogP contribution in [0.25, 0.3) is 0 Å². The van der Waals surface area contributed by atoms with Crippen molar-refractivity contribution in [1.82, 2.24) is 25.8 Å². The number of nitrogens with one attached hydrogen (secondary N) is 4. The molecule has 8 amide bonds. The molecule has 49 heavy (non-hydrogen) atoms. The molecule has 1 heterocycles. The largest absolute Gasteiger partial charge is 0.480 e. The molecule has 0 aliphatic carbocycles. The third kappa shape index (κ3) is 12.0. The first-order chi connectivity index (χ1) is 22.8. The summed E-state index contributed by atoms with van der Waals surface area (Å²) < 4.78 is 15.0. The molecule has 1 aromatic rings. The second-order valence-electron chi connectivity index (χ2n) is 12.3. The summed E-state index contributed by atoms with van der Waals surface area (Å²) in [6.45, 7) is 4.54. The van der Waals surface area contributed by atoms with E-state index in [-0.39, 0.29) is 61.2 Å². The molecule has 16 nitrogen and oxygen atoms in total. The predicted molar refractivity (Wildman–Crippen MR) is 175 cm³/mol. The summed E-state index contributed by atoms with van der Waals surface area (Å²) in [5, 5.41) is 18.4. The fourth-order valence-electron chi connectivity index (χ4n) is 4.84. The maximum atomic E-state index is 15.0. The van der Waals surface area contributed by atoms with Crippen molar-refractivity contribution in [1.29, 1.82) is 0 Å². The third-order valence-corrected chi connectivity index (χ3v) is 8.19. The number of urea groups is 1. The minimum atomic E-state index is -1.29. The van der Waals surface area contributed by atoms with Gasteiger partial charge >= 0.3 is 12.0 Å². The molecule has 0 saturated carbocycles. The van der Waals surface area contributed by atoms with E-state index in [2.05, 4.69) is 21.3 Å². The van der Waals surface area contributed by atoms with Gasteiger partial charge in [-0.05, 0) is 44.7 Å². The van der Waals surface area contributed by atoms with Gasteiger partial charge < -0.3 is 37.0 Å². The van der Waals surface area contributed by atoms with Crippen LogP contribution < -0.4 is 27.0 Å². The topological polar surface area (TPSA) is 237 Å². The number of nitrogens with zero attached hydrogens (tertiary/aromatic N) is 2. The number of rotatable bonds is 18. The van der Waals surface area contributed by atoms with Gasteiger partial charge in [-0.3, -0.25) is 33.7 Å². The molecule has 1 saturated heterocycles. The Hall–Kier alpha value is -4.80. The number of primary amides is 1. The maximum absolute atomic E-state index is 15.0. The number of hydrogen-bond donors (Lipinski definition) is 6. The van der Waals surface area contributed by atoms with E-state index >= 15 is 4.39 Å². The summed E-state index contributed by atoms with van der Waals surface area (Å²) in [4.78, 5) is 99.5. The number of carbonyl (C=O) groups is 8. The highest BCUT2D eigenvalue weighted by Crippen LogP contribution is 2.31. The number of anilines is 1. The van der Waals surface area contributed by atoms with Gasteiger partial charge in [-0.15, -0.1) is 0 Å². The van der Waals surface area contributed by atoms with Crippen molar-refractivity contribution in [2.75, 3.05) is 32.0 Å². The number of carboxylic acids is 1. The number of hydrogen-bond acceptors (Lipinski definition) is 8. The lowest BCUT2D eigenvalue weighted by molar-refractivity contribution is -0.142. The van der Waals surface area contributed by atoms with Crippen molar-refractivity contribution in [3.8, 4) is 0 Å². The quantitative estimate of drug-likeness (QED) is 0.0951. The lowest BCUT2D eigenvalue weighted by atomic mass is 9.92. The van der Waals surface area contributed by atoms with Crippen LogP contribution in [-0.4, -0.2) is 101 Å². The zero-order valence-electron chi connectivity index (χ0n) is 27.8. The van der Waals surface area contributed by atoms with E-state index in [4.69, 9.17) is 22.4 Å².